The molecule has 0 saturated carbocycles. The maximum atomic E-state index is 11.2. The summed E-state index contributed by atoms with van der Waals surface area (Å²) in [6.07, 6.45) is 0.368. The summed E-state index contributed by atoms with van der Waals surface area (Å²) in [6, 6.07) is 3.57. The van der Waals surface area contributed by atoms with Crippen molar-refractivity contribution in [3.8, 4) is 11.5 Å². The Morgan fingerprint density at radius 1 is 1.42 bits per heavy atom. The molecule has 0 bridgehead atoms. The summed E-state index contributed by atoms with van der Waals surface area (Å²) >= 11 is 6.15. The topological polar surface area (TPSA) is 56.8 Å². The van der Waals surface area contributed by atoms with Gasteiger partial charge in [-0.05, 0) is 24.6 Å². The fourth-order valence-corrected chi connectivity index (χ4v) is 2.03. The van der Waals surface area contributed by atoms with Crippen LogP contribution in [-0.2, 0) is 11.3 Å². The third-order valence-electron chi connectivity index (χ3n) is 2.57. The Kier molecular flexibility index (Phi) is 4.74. The lowest BCUT2D eigenvalue weighted by molar-refractivity contribution is 0.151. The third-order valence-corrected chi connectivity index (χ3v) is 2.85. The highest BCUT2D eigenvalue weighted by Crippen LogP contribution is 2.37. The number of carbonyl (C=O) groups excluding carboxylic acids is 1. The largest absolute Gasteiger partial charge is 0.489 e. The van der Waals surface area contributed by atoms with E-state index in [4.69, 9.17) is 25.8 Å². The molecule has 0 saturated heterocycles. The van der Waals surface area contributed by atoms with Gasteiger partial charge >= 0.3 is 6.09 Å². The van der Waals surface area contributed by atoms with Gasteiger partial charge in [-0.25, -0.2) is 4.79 Å². The highest BCUT2D eigenvalue weighted by molar-refractivity contribution is 6.32. The van der Waals surface area contributed by atoms with E-state index in [1.165, 1.54) is 0 Å². The maximum Gasteiger partial charge on any atom is 0.407 e. The van der Waals surface area contributed by atoms with Crippen molar-refractivity contribution in [2.75, 3.05) is 19.8 Å². The number of carbonyl (C=O) groups is 1. The van der Waals surface area contributed by atoms with Crippen LogP contribution in [0.15, 0.2) is 12.1 Å². The second-order valence-corrected chi connectivity index (χ2v) is 4.44. The van der Waals surface area contributed by atoms with E-state index >= 15 is 0 Å². The fraction of sp³-hybridized carbons (Fsp3) is 0.462. The van der Waals surface area contributed by atoms with Crippen molar-refractivity contribution in [2.24, 2.45) is 0 Å². The molecule has 5 nitrogen and oxygen atoms in total. The number of amides is 1. The Morgan fingerprint density at radius 2 is 2.21 bits per heavy atom. The molecular weight excluding hydrogens is 270 g/mol. The first-order chi connectivity index (χ1) is 9.20. The van der Waals surface area contributed by atoms with E-state index in [0.29, 0.717) is 42.9 Å². The molecule has 19 heavy (non-hydrogen) atoms. The minimum atomic E-state index is -0.453. The minimum absolute atomic E-state index is 0.329. The highest BCUT2D eigenvalue weighted by atomic mass is 35.5. The third kappa shape index (κ3) is 3.67. The first-order valence-electron chi connectivity index (χ1n) is 6.19. The predicted molar refractivity (Wildman–Crippen MR) is 70.9 cm³/mol. The van der Waals surface area contributed by atoms with E-state index in [0.717, 1.165) is 12.0 Å². The standard InChI is InChI=1S/C13H16ClNO4/c1-2-17-13(16)15-8-9-6-10(14)12-11(7-9)18-4-3-5-19-12/h6-7H,2-5,8H2,1H3,(H,15,16). The number of rotatable bonds is 3. The van der Waals surface area contributed by atoms with E-state index in [1.807, 2.05) is 6.07 Å². The monoisotopic (exact) mass is 285 g/mol. The molecule has 0 unspecified atom stereocenters. The van der Waals surface area contributed by atoms with Gasteiger partial charge in [0.05, 0.1) is 24.8 Å². The van der Waals surface area contributed by atoms with Crippen LogP contribution in [0.1, 0.15) is 18.9 Å². The molecular formula is C13H16ClNO4. The zero-order valence-corrected chi connectivity index (χ0v) is 11.5. The van der Waals surface area contributed by atoms with Crippen LogP contribution >= 0.6 is 11.6 Å². The van der Waals surface area contributed by atoms with Gasteiger partial charge in [0.2, 0.25) is 0 Å². The maximum absolute atomic E-state index is 11.2. The van der Waals surface area contributed by atoms with Crippen molar-refractivity contribution >= 4 is 17.7 Å². The van der Waals surface area contributed by atoms with E-state index in [9.17, 15) is 4.79 Å². The van der Waals surface area contributed by atoms with Crippen LogP contribution in [0.4, 0.5) is 4.79 Å². The van der Waals surface area contributed by atoms with Crippen molar-refractivity contribution in [2.45, 2.75) is 19.9 Å². The summed E-state index contributed by atoms with van der Waals surface area (Å²) in [6.45, 7) is 3.61. The van der Waals surface area contributed by atoms with E-state index in [1.54, 1.807) is 13.0 Å². The number of benzene rings is 1. The fourth-order valence-electron chi connectivity index (χ4n) is 1.74. The molecule has 1 aliphatic rings. The molecule has 0 fully saturated rings. The summed E-state index contributed by atoms with van der Waals surface area (Å²) in [5.41, 5.74) is 0.835. The molecule has 0 atom stereocenters. The first kappa shape index (κ1) is 13.8. The summed E-state index contributed by atoms with van der Waals surface area (Å²) in [7, 11) is 0. The van der Waals surface area contributed by atoms with Crippen LogP contribution in [0.3, 0.4) is 0 Å². The van der Waals surface area contributed by atoms with Crippen LogP contribution in [0.5, 0.6) is 11.5 Å². The number of hydrogen-bond donors (Lipinski definition) is 1. The molecule has 104 valence electrons. The van der Waals surface area contributed by atoms with E-state index in [-0.39, 0.29) is 0 Å². The molecule has 1 heterocycles. The average molecular weight is 286 g/mol. The summed E-state index contributed by atoms with van der Waals surface area (Å²) in [4.78, 5) is 11.2. The lowest BCUT2D eigenvalue weighted by atomic mass is 10.2. The highest BCUT2D eigenvalue weighted by Gasteiger charge is 2.15. The Balaban J connectivity index is 2.08. The molecule has 0 spiro atoms. The van der Waals surface area contributed by atoms with Crippen molar-refractivity contribution in [3.63, 3.8) is 0 Å². The lowest BCUT2D eigenvalue weighted by Gasteiger charge is -2.12. The van der Waals surface area contributed by atoms with Gasteiger partial charge in [-0.3, -0.25) is 0 Å². The number of alkyl carbamates (subject to hydrolysis) is 1. The predicted octanol–water partition coefficient (Wildman–Crippen LogP) is 2.75. The quantitative estimate of drug-likeness (QED) is 0.928. The van der Waals surface area contributed by atoms with E-state index in [2.05, 4.69) is 5.32 Å². The molecule has 1 aromatic rings. The number of nitrogens with one attached hydrogen (secondary N) is 1. The Bertz CT molecular complexity index is 464. The Hall–Kier alpha value is -1.62. The minimum Gasteiger partial charge on any atom is -0.489 e. The van der Waals surface area contributed by atoms with Crippen molar-refractivity contribution in [1.29, 1.82) is 0 Å². The zero-order chi connectivity index (χ0) is 13.7. The molecule has 2 rings (SSSR count). The van der Waals surface area contributed by atoms with Crippen LogP contribution in [-0.4, -0.2) is 25.9 Å². The van der Waals surface area contributed by atoms with Crippen LogP contribution < -0.4 is 14.8 Å². The second kappa shape index (κ2) is 6.52. The molecule has 0 radical (unpaired) electrons. The number of fused-ring (bicyclic) bond motifs is 1. The average Bonchev–Trinajstić information content (AvgIpc) is 2.62. The normalized spacial score (nSPS) is 13.6. The molecule has 0 aromatic heterocycles. The molecule has 1 aromatic carbocycles. The van der Waals surface area contributed by atoms with Crippen LogP contribution in [0, 0.1) is 0 Å². The van der Waals surface area contributed by atoms with Gasteiger partial charge < -0.3 is 19.5 Å². The van der Waals surface area contributed by atoms with Crippen molar-refractivity contribution in [3.05, 3.63) is 22.7 Å². The number of halogens is 1. The number of ether oxygens (including phenoxy) is 3. The number of hydrogen-bond acceptors (Lipinski definition) is 4. The molecule has 0 aliphatic carbocycles. The van der Waals surface area contributed by atoms with Gasteiger partial charge in [-0.2, -0.15) is 0 Å². The van der Waals surface area contributed by atoms with E-state index < -0.39 is 6.09 Å². The molecule has 1 N–H and O–H groups in total. The summed E-state index contributed by atoms with van der Waals surface area (Å²) in [5.74, 6) is 1.18. The SMILES string of the molecule is CCOC(=O)NCc1cc(Cl)c2c(c1)OCCCO2. The van der Waals surface area contributed by atoms with Crippen molar-refractivity contribution < 1.29 is 19.0 Å². The van der Waals surface area contributed by atoms with Gasteiger partial charge in [0, 0.05) is 13.0 Å². The smallest absolute Gasteiger partial charge is 0.407 e. The Labute approximate surface area is 116 Å². The first-order valence-corrected chi connectivity index (χ1v) is 6.57. The zero-order valence-electron chi connectivity index (χ0n) is 10.7. The molecule has 1 amide bonds. The summed E-state index contributed by atoms with van der Waals surface area (Å²) < 4.78 is 15.9. The van der Waals surface area contributed by atoms with Gasteiger partial charge in [-0.15, -0.1) is 0 Å². The van der Waals surface area contributed by atoms with Gasteiger partial charge in [0.15, 0.2) is 11.5 Å². The van der Waals surface area contributed by atoms with Crippen LogP contribution in [0.2, 0.25) is 5.02 Å². The summed E-state index contributed by atoms with van der Waals surface area (Å²) in [5, 5.41) is 3.12. The van der Waals surface area contributed by atoms with Gasteiger partial charge in [-0.1, -0.05) is 11.6 Å². The van der Waals surface area contributed by atoms with Crippen molar-refractivity contribution in [1.82, 2.24) is 5.32 Å². The Morgan fingerprint density at radius 3 is 3.00 bits per heavy atom. The lowest BCUT2D eigenvalue weighted by Crippen LogP contribution is -2.23. The van der Waals surface area contributed by atoms with Gasteiger partial charge in [0.1, 0.15) is 0 Å². The molecule has 6 heteroatoms. The van der Waals surface area contributed by atoms with Crippen LogP contribution in [0.25, 0.3) is 0 Å². The molecule has 1 aliphatic heterocycles. The van der Waals surface area contributed by atoms with Gasteiger partial charge in [0.25, 0.3) is 0 Å². The second-order valence-electron chi connectivity index (χ2n) is 4.03.